The predicted octanol–water partition coefficient (Wildman–Crippen LogP) is 5.10. The summed E-state index contributed by atoms with van der Waals surface area (Å²) >= 11 is 0. The smallest absolute Gasteiger partial charge is 0.319 e. The molecule has 0 spiro atoms. The van der Waals surface area contributed by atoms with Crippen LogP contribution in [-0.4, -0.2) is 16.8 Å². The Balaban J connectivity index is 1.62. The molecule has 0 fully saturated rings. The second-order valence-electron chi connectivity index (χ2n) is 9.05. The maximum absolute atomic E-state index is 13.3. The quantitative estimate of drug-likeness (QED) is 0.510. The lowest BCUT2D eigenvalue weighted by atomic mass is 9.59. The Morgan fingerprint density at radius 1 is 1.12 bits per heavy atom. The number of hydrogen-bond acceptors (Lipinski definition) is 5. The highest BCUT2D eigenvalue weighted by Gasteiger charge is 2.44. The summed E-state index contributed by atoms with van der Waals surface area (Å²) in [6.07, 6.45) is 5.04. The number of hydrogen-bond donors (Lipinski definition) is 1. The van der Waals surface area contributed by atoms with E-state index in [1.54, 1.807) is 25.1 Å². The van der Waals surface area contributed by atoms with Crippen molar-refractivity contribution in [2.75, 3.05) is 5.32 Å². The normalized spacial score (nSPS) is 17.7. The molecule has 1 N–H and O–H groups in total. The van der Waals surface area contributed by atoms with E-state index in [0.717, 1.165) is 32.1 Å². The van der Waals surface area contributed by atoms with Crippen molar-refractivity contribution in [2.45, 2.75) is 64.7 Å². The fourth-order valence-corrected chi connectivity index (χ4v) is 5.65. The third-order valence-corrected chi connectivity index (χ3v) is 7.27. The minimum absolute atomic E-state index is 0.194. The molecule has 1 heterocycles. The first kappa shape index (κ1) is 22.9. The highest BCUT2D eigenvalue weighted by molar-refractivity contribution is 6.40. The number of Topliss-reactive ketones (excluding diaryl/α,β-unsaturated/α-hetero) is 1. The van der Waals surface area contributed by atoms with E-state index >= 15 is 0 Å². The molecule has 0 aliphatic heterocycles. The number of carbonyl (C=O) groups is 2. The van der Waals surface area contributed by atoms with Gasteiger partial charge in [-0.3, -0.25) is 9.59 Å². The van der Waals surface area contributed by atoms with Crippen LogP contribution in [0.5, 0.6) is 0 Å². The largest absolute Gasteiger partial charge is 0.366 e. The van der Waals surface area contributed by atoms with Gasteiger partial charge in [-0.05, 0) is 61.4 Å². The fraction of sp³-hybridized carbons (Fsp3) is 0.407. The zero-order valence-corrected chi connectivity index (χ0v) is 19.4. The van der Waals surface area contributed by atoms with Crippen molar-refractivity contribution in [3.8, 4) is 0 Å². The molecular weight excluding hydrogens is 416 g/mol. The highest BCUT2D eigenvalue weighted by atomic mass is 16.5. The molecule has 1 aromatic heterocycles. The maximum atomic E-state index is 13.3. The van der Waals surface area contributed by atoms with Gasteiger partial charge >= 0.3 is 5.63 Å². The summed E-state index contributed by atoms with van der Waals surface area (Å²) in [5.74, 6) is -0.721. The van der Waals surface area contributed by atoms with Gasteiger partial charge in [-0.25, -0.2) is 4.79 Å². The lowest BCUT2D eigenvalue weighted by Gasteiger charge is -2.44. The first-order valence-corrected chi connectivity index (χ1v) is 11.7. The van der Waals surface area contributed by atoms with Crippen LogP contribution in [0.1, 0.15) is 62.8 Å². The lowest BCUT2D eigenvalue weighted by molar-refractivity contribution is -0.136. The van der Waals surface area contributed by atoms with Crippen LogP contribution in [0.4, 0.5) is 5.69 Å². The third kappa shape index (κ3) is 4.22. The Morgan fingerprint density at radius 2 is 1.88 bits per heavy atom. The molecule has 0 radical (unpaired) electrons. The first-order chi connectivity index (χ1) is 15.9. The van der Waals surface area contributed by atoms with Gasteiger partial charge in [0, 0.05) is 22.9 Å². The molecule has 1 unspecified atom stereocenters. The van der Waals surface area contributed by atoms with Gasteiger partial charge in [0.05, 0.1) is 11.1 Å². The van der Waals surface area contributed by atoms with Crippen molar-refractivity contribution >= 4 is 28.2 Å². The van der Waals surface area contributed by atoms with Gasteiger partial charge in [-0.15, -0.1) is 0 Å². The summed E-state index contributed by atoms with van der Waals surface area (Å²) in [5.41, 5.74) is 2.66. The average Bonchev–Trinajstić information content (AvgIpc) is 2.82. The molecule has 4 rings (SSSR count). The first-order valence-electron chi connectivity index (χ1n) is 11.7. The van der Waals surface area contributed by atoms with E-state index < -0.39 is 17.3 Å². The molecule has 6 nitrogen and oxygen atoms in total. The minimum Gasteiger partial charge on any atom is -0.319 e. The van der Waals surface area contributed by atoms with Crippen molar-refractivity contribution in [3.63, 3.8) is 0 Å². The lowest BCUT2D eigenvalue weighted by Crippen LogP contribution is -2.42. The number of rotatable bonds is 7. The standard InChI is InChI=1S/C27H30N2O4/c1-4-19(5-2)27(14-8-10-18-9-6-7-11-23(18)27)16-24(30)25(31)28-20-12-13-21-22(15-20)17(3)29-33-26(21)32/h6-7,9,11-13,15,19H,4-5,8,10,14,16H2,1-3H3,(H,28,31). The van der Waals surface area contributed by atoms with Gasteiger partial charge in [-0.2, -0.15) is 0 Å². The average molecular weight is 447 g/mol. The molecule has 33 heavy (non-hydrogen) atoms. The summed E-state index contributed by atoms with van der Waals surface area (Å²) in [5, 5.41) is 7.45. The van der Waals surface area contributed by atoms with Crippen molar-refractivity contribution < 1.29 is 14.1 Å². The van der Waals surface area contributed by atoms with Crippen LogP contribution in [0.25, 0.3) is 10.8 Å². The van der Waals surface area contributed by atoms with Crippen LogP contribution in [0.2, 0.25) is 0 Å². The molecular formula is C27H30N2O4. The monoisotopic (exact) mass is 446 g/mol. The van der Waals surface area contributed by atoms with Gasteiger partial charge in [0.2, 0.25) is 5.78 Å². The summed E-state index contributed by atoms with van der Waals surface area (Å²) in [7, 11) is 0. The van der Waals surface area contributed by atoms with Crippen molar-refractivity contribution in [2.24, 2.45) is 5.92 Å². The molecule has 3 aromatic rings. The maximum Gasteiger partial charge on any atom is 0.366 e. The molecule has 6 heteroatoms. The number of anilines is 1. The van der Waals surface area contributed by atoms with Crippen molar-refractivity contribution in [3.05, 3.63) is 69.7 Å². The predicted molar refractivity (Wildman–Crippen MR) is 128 cm³/mol. The third-order valence-electron chi connectivity index (χ3n) is 7.27. The Labute approximate surface area is 193 Å². The number of nitrogens with one attached hydrogen (secondary N) is 1. The van der Waals surface area contributed by atoms with E-state index in [2.05, 4.69) is 36.5 Å². The Kier molecular flexibility index (Phi) is 6.45. The number of carbonyl (C=O) groups excluding carboxylic acids is 2. The fourth-order valence-electron chi connectivity index (χ4n) is 5.65. The van der Waals surface area contributed by atoms with E-state index in [-0.39, 0.29) is 11.8 Å². The molecule has 172 valence electrons. The zero-order valence-electron chi connectivity index (χ0n) is 19.4. The molecule has 1 aliphatic carbocycles. The van der Waals surface area contributed by atoms with Gasteiger partial charge < -0.3 is 9.84 Å². The van der Waals surface area contributed by atoms with Crippen LogP contribution < -0.4 is 10.9 Å². The van der Waals surface area contributed by atoms with E-state index in [9.17, 15) is 14.4 Å². The summed E-state index contributed by atoms with van der Waals surface area (Å²) < 4.78 is 4.75. The van der Waals surface area contributed by atoms with Crippen molar-refractivity contribution in [1.29, 1.82) is 0 Å². The highest BCUT2D eigenvalue weighted by Crippen LogP contribution is 2.48. The van der Waals surface area contributed by atoms with E-state index in [1.807, 2.05) is 12.1 Å². The summed E-state index contributed by atoms with van der Waals surface area (Å²) in [6.45, 7) is 6.06. The second kappa shape index (κ2) is 9.30. The van der Waals surface area contributed by atoms with Crippen molar-refractivity contribution in [1.82, 2.24) is 5.16 Å². The number of amides is 1. The number of nitrogens with zero attached hydrogens (tertiary/aromatic N) is 1. The summed E-state index contributed by atoms with van der Waals surface area (Å²) in [6, 6.07) is 13.2. The van der Waals surface area contributed by atoms with E-state index in [4.69, 9.17) is 4.52 Å². The molecule has 0 saturated carbocycles. The van der Waals surface area contributed by atoms with E-state index in [0.29, 0.717) is 28.1 Å². The van der Waals surface area contributed by atoms with Gasteiger partial charge in [0.1, 0.15) is 0 Å². The van der Waals surface area contributed by atoms with Gasteiger partial charge in [-0.1, -0.05) is 56.1 Å². The Hall–Kier alpha value is -3.28. The Bertz CT molecular complexity index is 1260. The molecule has 1 aliphatic rings. The summed E-state index contributed by atoms with van der Waals surface area (Å²) in [4.78, 5) is 38.1. The number of fused-ring (bicyclic) bond motifs is 2. The SMILES string of the molecule is CCC(CC)C1(CC(=O)C(=O)Nc2ccc3c(=O)onc(C)c3c2)CCCc2ccccc21. The molecule has 0 bridgehead atoms. The number of benzene rings is 2. The number of aromatic nitrogens is 1. The van der Waals surface area contributed by atoms with Crippen LogP contribution in [0.15, 0.2) is 51.8 Å². The minimum atomic E-state index is -0.628. The molecule has 1 amide bonds. The van der Waals surface area contributed by atoms with Gasteiger partial charge in [0.15, 0.2) is 0 Å². The second-order valence-corrected chi connectivity index (χ2v) is 9.05. The number of aryl methyl sites for hydroxylation is 2. The van der Waals surface area contributed by atoms with Crippen LogP contribution in [0.3, 0.4) is 0 Å². The molecule has 2 aromatic carbocycles. The van der Waals surface area contributed by atoms with Crippen LogP contribution in [-0.2, 0) is 21.4 Å². The zero-order chi connectivity index (χ0) is 23.6. The van der Waals surface area contributed by atoms with Crippen LogP contribution in [0, 0.1) is 12.8 Å². The molecule has 1 atom stereocenters. The van der Waals surface area contributed by atoms with Crippen LogP contribution >= 0.6 is 0 Å². The number of ketones is 1. The molecule has 0 saturated heterocycles. The van der Waals surface area contributed by atoms with Gasteiger partial charge in [0.25, 0.3) is 5.91 Å². The Morgan fingerprint density at radius 3 is 2.64 bits per heavy atom. The topological polar surface area (TPSA) is 89.3 Å². The van der Waals surface area contributed by atoms with E-state index in [1.165, 1.54) is 11.1 Å².